The van der Waals surface area contributed by atoms with Crippen LogP contribution in [0.2, 0.25) is 10.0 Å². The first-order chi connectivity index (χ1) is 14.9. The molecule has 0 fully saturated rings. The fourth-order valence-electron chi connectivity index (χ4n) is 3.30. The van der Waals surface area contributed by atoms with Crippen molar-refractivity contribution < 1.29 is 10.0 Å². The summed E-state index contributed by atoms with van der Waals surface area (Å²) in [6.45, 7) is 2.20. The maximum Gasteiger partial charge on any atom is 0.277 e. The average molecular weight is 454 g/mol. The summed E-state index contributed by atoms with van der Waals surface area (Å²) >= 11 is 12.4. The summed E-state index contributed by atoms with van der Waals surface area (Å²) in [5, 5.41) is 9.45. The minimum absolute atomic E-state index is 0.232. The van der Waals surface area contributed by atoms with Crippen molar-refractivity contribution in [2.75, 3.05) is 0 Å². The van der Waals surface area contributed by atoms with Gasteiger partial charge in [-0.1, -0.05) is 65.2 Å². The number of halogens is 2. The fourth-order valence-corrected chi connectivity index (χ4v) is 3.62. The first kappa shape index (κ1) is 21.1. The number of fused-ring (bicyclic) bond motifs is 1. The molecule has 1 aromatic heterocycles. The van der Waals surface area contributed by atoms with Crippen LogP contribution in [0.5, 0.6) is 0 Å². The molecule has 4 aromatic rings. The van der Waals surface area contributed by atoms with Gasteiger partial charge in [-0.15, -0.1) is 0 Å². The van der Waals surface area contributed by atoms with E-state index in [9.17, 15) is 9.59 Å². The van der Waals surface area contributed by atoms with Gasteiger partial charge < -0.3 is 4.57 Å². The first-order valence-corrected chi connectivity index (χ1v) is 10.1. The topological polar surface area (TPSA) is 84.2 Å². The second-order valence-corrected chi connectivity index (χ2v) is 7.93. The smallest absolute Gasteiger partial charge is 0.277 e. The Morgan fingerprint density at radius 3 is 2.32 bits per heavy atom. The Hall–Kier alpha value is -3.19. The van der Waals surface area contributed by atoms with Crippen LogP contribution < -0.4 is 11.0 Å². The molecule has 8 heteroatoms. The monoisotopic (exact) mass is 453 g/mol. The number of carbonyl (C=O) groups excluding carboxylic acids is 1. The summed E-state index contributed by atoms with van der Waals surface area (Å²) < 4.78 is 1.58. The molecular formula is C23H17Cl2N3O3. The quantitative estimate of drug-likeness (QED) is 0.341. The van der Waals surface area contributed by atoms with E-state index < -0.39 is 5.91 Å². The molecule has 2 N–H and O–H groups in total. The van der Waals surface area contributed by atoms with Gasteiger partial charge in [0.25, 0.3) is 11.5 Å². The Balaban J connectivity index is 1.88. The van der Waals surface area contributed by atoms with Crippen molar-refractivity contribution in [3.63, 3.8) is 0 Å². The van der Waals surface area contributed by atoms with Crippen molar-refractivity contribution in [1.29, 1.82) is 0 Å². The third-order valence-electron chi connectivity index (χ3n) is 4.97. The summed E-state index contributed by atoms with van der Waals surface area (Å²) in [6, 6.07) is 17.4. The third kappa shape index (κ3) is 4.18. The fraction of sp³-hybridized carbons (Fsp3) is 0.0870. The van der Waals surface area contributed by atoms with E-state index in [0.717, 1.165) is 11.1 Å². The van der Waals surface area contributed by atoms with E-state index in [0.29, 0.717) is 37.9 Å². The van der Waals surface area contributed by atoms with Gasteiger partial charge in [0.15, 0.2) is 0 Å². The minimum Gasteiger partial charge on any atom is -0.300 e. The van der Waals surface area contributed by atoms with Crippen LogP contribution in [-0.4, -0.2) is 20.7 Å². The maximum atomic E-state index is 13.4. The second kappa shape index (κ2) is 8.51. The molecule has 0 aliphatic heterocycles. The van der Waals surface area contributed by atoms with Gasteiger partial charge in [0.05, 0.1) is 27.6 Å². The summed E-state index contributed by atoms with van der Waals surface area (Å²) in [5.41, 5.74) is 5.58. The highest BCUT2D eigenvalue weighted by Crippen LogP contribution is 2.28. The molecule has 3 aromatic carbocycles. The van der Waals surface area contributed by atoms with Crippen molar-refractivity contribution in [1.82, 2.24) is 15.0 Å². The molecular weight excluding hydrogens is 437 g/mol. The SMILES string of the molecule is Cc1ccc(-c2nc3cc(Cl)c(Cl)cc3n(Cc3ccc(C(=O)NO)cc3)c2=O)cc1. The van der Waals surface area contributed by atoms with Gasteiger partial charge in [-0.25, -0.2) is 10.5 Å². The van der Waals surface area contributed by atoms with Gasteiger partial charge in [0, 0.05) is 11.1 Å². The van der Waals surface area contributed by atoms with E-state index in [-0.39, 0.29) is 12.1 Å². The molecule has 1 amide bonds. The first-order valence-electron chi connectivity index (χ1n) is 9.37. The van der Waals surface area contributed by atoms with Gasteiger partial charge in [-0.05, 0) is 36.8 Å². The molecule has 0 radical (unpaired) electrons. The standard InChI is InChI=1S/C23H17Cl2N3O3/c1-13-2-6-15(7-3-13)21-23(30)28(20-11-18(25)17(24)10-19(20)26-21)12-14-4-8-16(9-5-14)22(29)27-31/h2-11,31H,12H2,1H3,(H,27,29). The predicted octanol–water partition coefficient (Wildman–Crippen LogP) is 4.85. The zero-order chi connectivity index (χ0) is 22.1. The summed E-state index contributed by atoms with van der Waals surface area (Å²) in [7, 11) is 0. The number of hydrogen-bond donors (Lipinski definition) is 2. The molecule has 0 saturated carbocycles. The van der Waals surface area contributed by atoms with E-state index in [4.69, 9.17) is 28.4 Å². The van der Waals surface area contributed by atoms with Crippen LogP contribution in [0.25, 0.3) is 22.3 Å². The van der Waals surface area contributed by atoms with Crippen LogP contribution in [0.1, 0.15) is 21.5 Å². The number of hydroxylamine groups is 1. The van der Waals surface area contributed by atoms with Crippen molar-refractivity contribution in [3.8, 4) is 11.3 Å². The lowest BCUT2D eigenvalue weighted by molar-refractivity contribution is 0.0706. The zero-order valence-corrected chi connectivity index (χ0v) is 17.9. The molecule has 1 heterocycles. The lowest BCUT2D eigenvalue weighted by Gasteiger charge is -2.14. The van der Waals surface area contributed by atoms with E-state index in [1.807, 2.05) is 31.2 Å². The van der Waals surface area contributed by atoms with Crippen LogP contribution >= 0.6 is 23.2 Å². The highest BCUT2D eigenvalue weighted by atomic mass is 35.5. The molecule has 0 aliphatic rings. The molecule has 0 aliphatic carbocycles. The lowest BCUT2D eigenvalue weighted by atomic mass is 10.1. The average Bonchev–Trinajstić information content (AvgIpc) is 2.77. The predicted molar refractivity (Wildman–Crippen MR) is 121 cm³/mol. The number of nitrogens with zero attached hydrogens (tertiary/aromatic N) is 2. The molecule has 6 nitrogen and oxygen atoms in total. The number of benzene rings is 3. The molecule has 0 bridgehead atoms. The Morgan fingerprint density at radius 2 is 1.68 bits per heavy atom. The number of nitrogens with one attached hydrogen (secondary N) is 1. The number of amides is 1. The number of carbonyl (C=O) groups is 1. The summed E-state index contributed by atoms with van der Waals surface area (Å²) in [4.78, 5) is 29.5. The highest BCUT2D eigenvalue weighted by molar-refractivity contribution is 6.42. The summed E-state index contributed by atoms with van der Waals surface area (Å²) in [5.74, 6) is -0.610. The van der Waals surface area contributed by atoms with Crippen molar-refractivity contribution in [2.45, 2.75) is 13.5 Å². The summed E-state index contributed by atoms with van der Waals surface area (Å²) in [6.07, 6.45) is 0. The van der Waals surface area contributed by atoms with Gasteiger partial charge in [0.2, 0.25) is 0 Å². The molecule has 156 valence electrons. The molecule has 4 rings (SSSR count). The molecule has 0 unspecified atom stereocenters. The highest BCUT2D eigenvalue weighted by Gasteiger charge is 2.15. The van der Waals surface area contributed by atoms with E-state index in [2.05, 4.69) is 4.98 Å². The van der Waals surface area contributed by atoms with E-state index >= 15 is 0 Å². The maximum absolute atomic E-state index is 13.4. The number of hydrogen-bond acceptors (Lipinski definition) is 4. The zero-order valence-electron chi connectivity index (χ0n) is 16.4. The molecule has 0 atom stereocenters. The molecule has 0 spiro atoms. The number of aryl methyl sites for hydroxylation is 1. The van der Waals surface area contributed by atoms with Crippen molar-refractivity contribution in [3.05, 3.63) is 97.8 Å². The van der Waals surface area contributed by atoms with E-state index in [1.54, 1.807) is 46.4 Å². The lowest BCUT2D eigenvalue weighted by Crippen LogP contribution is -2.24. The van der Waals surface area contributed by atoms with Gasteiger partial charge >= 0.3 is 0 Å². The Kier molecular flexibility index (Phi) is 5.78. The van der Waals surface area contributed by atoms with Crippen molar-refractivity contribution >= 4 is 40.1 Å². The van der Waals surface area contributed by atoms with Crippen LogP contribution in [0.4, 0.5) is 0 Å². The van der Waals surface area contributed by atoms with Gasteiger partial charge in [0.1, 0.15) is 5.69 Å². The van der Waals surface area contributed by atoms with Crippen LogP contribution in [-0.2, 0) is 6.54 Å². The second-order valence-electron chi connectivity index (χ2n) is 7.11. The van der Waals surface area contributed by atoms with Crippen LogP contribution in [0.3, 0.4) is 0 Å². The Bertz CT molecular complexity index is 1350. The largest absolute Gasteiger partial charge is 0.300 e. The van der Waals surface area contributed by atoms with Gasteiger partial charge in [-0.2, -0.15) is 0 Å². The van der Waals surface area contributed by atoms with Gasteiger partial charge in [-0.3, -0.25) is 14.8 Å². The van der Waals surface area contributed by atoms with Crippen LogP contribution in [0, 0.1) is 6.92 Å². The Morgan fingerprint density at radius 1 is 1.03 bits per heavy atom. The third-order valence-corrected chi connectivity index (χ3v) is 5.69. The molecule has 0 saturated heterocycles. The molecule has 31 heavy (non-hydrogen) atoms. The van der Waals surface area contributed by atoms with E-state index in [1.165, 1.54) is 0 Å². The minimum atomic E-state index is -0.610. The number of aromatic nitrogens is 2. The van der Waals surface area contributed by atoms with Crippen LogP contribution in [0.15, 0.2) is 65.5 Å². The Labute approximate surface area is 187 Å². The normalized spacial score (nSPS) is 11.0. The van der Waals surface area contributed by atoms with Crippen molar-refractivity contribution in [2.24, 2.45) is 0 Å². The number of rotatable bonds is 4.